The van der Waals surface area contributed by atoms with E-state index in [0.717, 1.165) is 104 Å². The molecule has 23 heteroatoms. The lowest BCUT2D eigenvalue weighted by atomic mass is 9.86. The van der Waals surface area contributed by atoms with Crippen LogP contribution in [0.1, 0.15) is 76.3 Å². The van der Waals surface area contributed by atoms with Gasteiger partial charge in [-0.1, -0.05) is 11.6 Å². The summed E-state index contributed by atoms with van der Waals surface area (Å²) in [6, 6.07) is 12.4. The number of carbonyl (C=O) groups is 2. The normalized spacial score (nSPS) is 17.8. The van der Waals surface area contributed by atoms with Crippen LogP contribution >= 0.6 is 50.5 Å². The minimum absolute atomic E-state index is 0.169. The van der Waals surface area contributed by atoms with Gasteiger partial charge in [0.05, 0.1) is 26.1 Å². The van der Waals surface area contributed by atoms with Gasteiger partial charge in [-0.3, -0.25) is 18.9 Å². The first-order chi connectivity index (χ1) is 33.2. The molecule has 6 aromatic heterocycles. The van der Waals surface area contributed by atoms with Gasteiger partial charge in [-0.15, -0.1) is 0 Å². The monoisotopic (exact) mass is 1040 g/mol. The molecule has 0 unspecified atom stereocenters. The summed E-state index contributed by atoms with van der Waals surface area (Å²) in [5, 5.41) is 12.7. The lowest BCUT2D eigenvalue weighted by molar-refractivity contribution is -0.143. The largest absolute Gasteiger partial charge is 0.466 e. The Hall–Kier alpha value is -5.39. The van der Waals surface area contributed by atoms with Crippen molar-refractivity contribution in [1.29, 1.82) is 0 Å². The Morgan fingerprint density at radius 1 is 0.652 bits per heavy atom. The van der Waals surface area contributed by atoms with Crippen molar-refractivity contribution in [3.05, 3.63) is 100 Å². The Kier molecular flexibility index (Phi) is 20.4. The molecule has 0 atom stereocenters. The summed E-state index contributed by atoms with van der Waals surface area (Å²) in [5.41, 5.74) is 2.51. The first-order valence-electron chi connectivity index (χ1n) is 22.7. The van der Waals surface area contributed by atoms with Crippen LogP contribution in [0.25, 0.3) is 21.8 Å². The van der Waals surface area contributed by atoms with Crippen LogP contribution in [-0.2, 0) is 36.5 Å². The number of rotatable bonds is 16. The predicted molar refractivity (Wildman–Crippen MR) is 273 cm³/mol. The van der Waals surface area contributed by atoms with E-state index in [2.05, 4.69) is 94.9 Å². The molecule has 69 heavy (non-hydrogen) atoms. The van der Waals surface area contributed by atoms with Crippen LogP contribution < -0.4 is 26.8 Å². The number of fused-ring (bicyclic) bond motifs is 2. The van der Waals surface area contributed by atoms with Crippen LogP contribution in [0, 0.1) is 11.8 Å². The number of ether oxygens (including phenoxy) is 2. The topological polar surface area (TPSA) is 241 Å². The molecule has 2 aliphatic carbocycles. The molecule has 18 nitrogen and oxygen atoms in total. The number of hydrogen-bond acceptors (Lipinski definition) is 17. The van der Waals surface area contributed by atoms with Gasteiger partial charge in [0.2, 0.25) is 11.9 Å². The molecule has 6 heterocycles. The molecule has 0 bridgehead atoms. The molecule has 0 spiro atoms. The van der Waals surface area contributed by atoms with Crippen molar-refractivity contribution in [2.24, 2.45) is 11.8 Å². The van der Waals surface area contributed by atoms with Crippen molar-refractivity contribution in [3.63, 3.8) is 0 Å². The first-order valence-corrected chi connectivity index (χ1v) is 27.5. The third-order valence-corrected chi connectivity index (χ3v) is 11.7. The van der Waals surface area contributed by atoms with Gasteiger partial charge in [0.25, 0.3) is 5.56 Å². The number of aromatic amines is 1. The van der Waals surface area contributed by atoms with Gasteiger partial charge in [0.1, 0.15) is 22.7 Å². The molecule has 8 rings (SSSR count). The van der Waals surface area contributed by atoms with Crippen LogP contribution in [0.4, 0.5) is 23.5 Å². The molecule has 0 amide bonds. The van der Waals surface area contributed by atoms with Crippen LogP contribution in [0.15, 0.2) is 78.4 Å². The van der Waals surface area contributed by atoms with Crippen molar-refractivity contribution in [3.8, 4) is 0 Å². The first kappa shape index (κ1) is 53.0. The van der Waals surface area contributed by atoms with Crippen molar-refractivity contribution < 1.29 is 23.6 Å². The van der Waals surface area contributed by atoms with E-state index in [1.165, 1.54) is 0 Å². The molecule has 0 radical (unpaired) electrons. The van der Waals surface area contributed by atoms with E-state index in [9.17, 15) is 18.9 Å². The number of anilines is 4. The molecule has 6 aromatic rings. The summed E-state index contributed by atoms with van der Waals surface area (Å²) in [6.07, 6.45) is 19.0. The molecule has 0 aromatic carbocycles. The second-order valence-electron chi connectivity index (χ2n) is 16.5. The quantitative estimate of drug-likeness (QED) is 0.0344. The van der Waals surface area contributed by atoms with Crippen LogP contribution in [0.3, 0.4) is 0 Å². The fourth-order valence-corrected chi connectivity index (χ4v) is 8.19. The Bertz CT molecular complexity index is 2700. The lowest BCUT2D eigenvalue weighted by Gasteiger charge is -2.29. The Morgan fingerprint density at radius 2 is 1.09 bits per heavy atom. The molecule has 2 fully saturated rings. The van der Waals surface area contributed by atoms with E-state index >= 15 is 0 Å². The fourth-order valence-electron chi connectivity index (χ4n) is 7.98. The number of hydrogen-bond donors (Lipinski definition) is 5. The highest BCUT2D eigenvalue weighted by Gasteiger charge is 2.23. The number of pyridine rings is 4. The van der Waals surface area contributed by atoms with E-state index in [-0.39, 0.29) is 30.3 Å². The van der Waals surface area contributed by atoms with Gasteiger partial charge in [0.15, 0.2) is 5.15 Å². The molecular formula is C46H55Cl4N12O6P. The van der Waals surface area contributed by atoms with Crippen molar-refractivity contribution in [1.82, 2.24) is 39.9 Å². The Balaban J connectivity index is 0.000000207. The summed E-state index contributed by atoms with van der Waals surface area (Å²) < 4.78 is 19.4. The highest BCUT2D eigenvalue weighted by Crippen LogP contribution is 2.61. The second-order valence-corrected chi connectivity index (χ2v) is 23.5. The van der Waals surface area contributed by atoms with Crippen LogP contribution in [-0.4, -0.2) is 90.2 Å². The number of carbonyl (C=O) groups excluding carboxylic acids is 2. The van der Waals surface area contributed by atoms with Gasteiger partial charge < -0.3 is 35.7 Å². The van der Waals surface area contributed by atoms with E-state index in [0.29, 0.717) is 59.7 Å². The molecule has 0 saturated heterocycles. The molecule has 5 N–H and O–H groups in total. The number of nitrogens with one attached hydrogen (secondary N) is 5. The maximum absolute atomic E-state index is 12.0. The zero-order valence-corrected chi connectivity index (χ0v) is 42.1. The highest BCUT2D eigenvalue weighted by molar-refractivity contribution is 8.24. The van der Waals surface area contributed by atoms with E-state index in [1.54, 1.807) is 51.0 Å². The molecule has 2 aliphatic rings. The maximum atomic E-state index is 12.0. The zero-order chi connectivity index (χ0) is 49.2. The molecule has 368 valence electrons. The third-order valence-electron chi connectivity index (χ3n) is 11.4. The highest BCUT2D eigenvalue weighted by atomic mass is 36.0. The van der Waals surface area contributed by atoms with Crippen molar-refractivity contribution in [2.75, 3.05) is 47.6 Å². The number of H-pyrrole nitrogens is 1. The fraction of sp³-hybridized carbons (Fsp3) is 0.435. The number of nitrogens with zero attached hydrogens (tertiary/aromatic N) is 7. The number of aromatic nitrogens is 8. The number of halogens is 4. The Morgan fingerprint density at radius 3 is 1.54 bits per heavy atom. The van der Waals surface area contributed by atoms with Gasteiger partial charge >= 0.3 is 17.1 Å². The summed E-state index contributed by atoms with van der Waals surface area (Å²) in [5.74, 6) is 3.32. The smallest absolute Gasteiger partial charge is 0.339 e. The minimum Gasteiger partial charge on any atom is -0.466 e. The molecular weight excluding hydrogens is 989 g/mol. The van der Waals surface area contributed by atoms with Gasteiger partial charge in [-0.25, -0.2) is 34.9 Å². The standard InChI is InChI=1S/C23H27ClN6O2.C23H28N6O3.Cl3OP/c1-2-32-20(31)11-16-13-27-23(28-14-16)26-12-15-3-6-18(7-4-15)29-19-8-5-17-9-10-25-22(24)21(17)30-19;1-2-32-20(30)11-16-13-26-23(27-14-16)25-12-15-3-6-18(7-4-15)28-19-8-5-17-9-10-24-22(31)21(17)29-19;1-5(2,3)4/h5,8-10,13-15,18H,2-4,6-7,11-12H2,1H3,(H,29,30)(H,26,27,28);5,8-10,13-15,18H,2-4,6-7,11-12H2,1H3,(H,24,31)(H,28,29)(H,25,26,27);. The van der Waals surface area contributed by atoms with Crippen molar-refractivity contribution in [2.45, 2.75) is 90.1 Å². The predicted octanol–water partition coefficient (Wildman–Crippen LogP) is 9.97. The zero-order valence-electron chi connectivity index (χ0n) is 38.2. The third kappa shape index (κ3) is 18.1. The van der Waals surface area contributed by atoms with E-state index in [1.807, 2.05) is 36.4 Å². The second kappa shape index (κ2) is 26.6. The van der Waals surface area contributed by atoms with Gasteiger partial charge in [0, 0.05) is 84.3 Å². The molecule has 2 saturated carbocycles. The summed E-state index contributed by atoms with van der Waals surface area (Å²) in [6.45, 7) is 5.97. The van der Waals surface area contributed by atoms with E-state index in [4.69, 9.17) is 21.1 Å². The van der Waals surface area contributed by atoms with E-state index < -0.39 is 5.20 Å². The Labute approximate surface area is 419 Å². The summed E-state index contributed by atoms with van der Waals surface area (Å²) in [7, 11) is 0. The molecule has 0 aliphatic heterocycles. The van der Waals surface area contributed by atoms with Crippen LogP contribution in [0.2, 0.25) is 5.15 Å². The maximum Gasteiger partial charge on any atom is 0.339 e. The number of esters is 2. The van der Waals surface area contributed by atoms with Gasteiger partial charge in [-0.2, -0.15) is 0 Å². The SMILES string of the molecule is CCOC(=O)Cc1cnc(NCC2CCC(Nc3ccc4cc[nH]c(=O)c4n3)CC2)nc1.CCOC(=O)Cc1cnc(NCC2CCC(Nc3ccc4ccnc(Cl)c4n3)CC2)nc1.O=P(Cl)(Cl)Cl. The minimum atomic E-state index is -3.22. The van der Waals surface area contributed by atoms with Crippen molar-refractivity contribution >= 4 is 108 Å². The van der Waals surface area contributed by atoms with Crippen LogP contribution in [0.5, 0.6) is 0 Å². The average Bonchev–Trinajstić information content (AvgIpc) is 3.32. The average molecular weight is 1040 g/mol. The van der Waals surface area contributed by atoms with Gasteiger partial charge in [-0.05, 0) is 147 Å². The summed E-state index contributed by atoms with van der Waals surface area (Å²) in [4.78, 5) is 68.2. The lowest BCUT2D eigenvalue weighted by Crippen LogP contribution is -2.29. The summed E-state index contributed by atoms with van der Waals surface area (Å²) >= 11 is 20.0.